The van der Waals surface area contributed by atoms with Crippen LogP contribution >= 0.6 is 0 Å². The molecule has 1 fully saturated rings. The predicted molar refractivity (Wildman–Crippen MR) is 124 cm³/mol. The molecule has 0 radical (unpaired) electrons. The van der Waals surface area contributed by atoms with Gasteiger partial charge in [0.2, 0.25) is 5.91 Å². The van der Waals surface area contributed by atoms with E-state index in [0.29, 0.717) is 32.5 Å². The molecule has 0 aromatic heterocycles. The van der Waals surface area contributed by atoms with Gasteiger partial charge < -0.3 is 9.64 Å². The first kappa shape index (κ1) is 23.3. The maximum atomic E-state index is 12.8. The van der Waals surface area contributed by atoms with E-state index in [0.717, 1.165) is 28.0 Å². The van der Waals surface area contributed by atoms with Crippen LogP contribution in [0.15, 0.2) is 36.4 Å². The first-order valence-electron chi connectivity index (χ1n) is 10.9. The number of hydrogen-bond donors (Lipinski definition) is 0. The smallest absolute Gasteiger partial charge is 0.223 e. The quantitative estimate of drug-likeness (QED) is 0.608. The first-order chi connectivity index (χ1) is 14.7. The summed E-state index contributed by atoms with van der Waals surface area (Å²) in [7, 11) is -2.96. The molecule has 2 aromatic rings. The Balaban J connectivity index is 1.64. The van der Waals surface area contributed by atoms with Gasteiger partial charge in [0.05, 0.1) is 11.5 Å². The van der Waals surface area contributed by atoms with Crippen molar-refractivity contribution >= 4 is 15.7 Å². The van der Waals surface area contributed by atoms with E-state index in [-0.39, 0.29) is 23.3 Å². The molecule has 1 atom stereocenters. The molecule has 1 aliphatic rings. The molecular weight excluding hydrogens is 410 g/mol. The fraction of sp³-hybridized carbons (Fsp3) is 0.480. The fourth-order valence-corrected chi connectivity index (χ4v) is 6.18. The minimum atomic E-state index is -2.96. The van der Waals surface area contributed by atoms with Crippen LogP contribution in [0.4, 0.5) is 0 Å². The van der Waals surface area contributed by atoms with Crippen LogP contribution in [0.2, 0.25) is 0 Å². The maximum Gasteiger partial charge on any atom is 0.223 e. The Bertz CT molecular complexity index is 1020. The summed E-state index contributed by atoms with van der Waals surface area (Å²) in [5, 5.41) is 0. The summed E-state index contributed by atoms with van der Waals surface area (Å²) in [6.07, 6.45) is 0.902. The normalized spacial score (nSPS) is 17.5. The van der Waals surface area contributed by atoms with E-state index in [4.69, 9.17) is 4.74 Å². The number of nitrogens with zero attached hydrogens (tertiary/aromatic N) is 1. The molecule has 0 N–H and O–H groups in total. The van der Waals surface area contributed by atoms with Crippen LogP contribution < -0.4 is 4.74 Å². The average molecular weight is 444 g/mol. The number of benzene rings is 2. The van der Waals surface area contributed by atoms with E-state index < -0.39 is 9.84 Å². The van der Waals surface area contributed by atoms with Gasteiger partial charge in [0.1, 0.15) is 12.4 Å². The summed E-state index contributed by atoms with van der Waals surface area (Å²) >= 11 is 0. The molecule has 1 heterocycles. The lowest BCUT2D eigenvalue weighted by atomic mass is 10.0. The van der Waals surface area contributed by atoms with Crippen LogP contribution in [0.25, 0.3) is 0 Å². The van der Waals surface area contributed by atoms with Crippen LogP contribution in [-0.4, -0.2) is 37.3 Å². The summed E-state index contributed by atoms with van der Waals surface area (Å²) in [5.41, 5.74) is 5.51. The van der Waals surface area contributed by atoms with Gasteiger partial charge in [-0.25, -0.2) is 8.42 Å². The molecule has 0 aliphatic carbocycles. The van der Waals surface area contributed by atoms with Gasteiger partial charge >= 0.3 is 0 Å². The van der Waals surface area contributed by atoms with Gasteiger partial charge in [-0.05, 0) is 62.3 Å². The number of sulfone groups is 1. The van der Waals surface area contributed by atoms with Crippen LogP contribution in [0.5, 0.6) is 5.75 Å². The van der Waals surface area contributed by atoms with Gasteiger partial charge in [-0.1, -0.05) is 42.0 Å². The first-order valence-corrected chi connectivity index (χ1v) is 12.8. The van der Waals surface area contributed by atoms with E-state index in [1.165, 1.54) is 5.56 Å². The Hall–Kier alpha value is -2.34. The standard InChI is InChI=1S/C25H33NO4S/c1-5-26(24(27)14-22-9-10-31(28,29)17-22)15-23-12-19(3)25(20(4)13-23)30-16-21-8-6-7-18(2)11-21/h6-8,11-13,22H,5,9-10,14-17H2,1-4H3. The van der Waals surface area contributed by atoms with Crippen LogP contribution in [0.1, 0.15) is 47.6 Å². The van der Waals surface area contributed by atoms with Crippen molar-refractivity contribution in [1.29, 1.82) is 0 Å². The Morgan fingerprint density at radius 3 is 2.39 bits per heavy atom. The molecule has 2 aromatic carbocycles. The SMILES string of the molecule is CCN(Cc1cc(C)c(OCc2cccc(C)c2)c(C)c1)C(=O)CC1CCS(=O)(=O)C1. The van der Waals surface area contributed by atoms with Crippen molar-refractivity contribution in [3.63, 3.8) is 0 Å². The fourth-order valence-electron chi connectivity index (χ4n) is 4.32. The Morgan fingerprint density at radius 1 is 1.10 bits per heavy atom. The van der Waals surface area contributed by atoms with Crippen molar-refractivity contribution in [1.82, 2.24) is 4.90 Å². The molecule has 0 bridgehead atoms. The minimum absolute atomic E-state index is 0.0275. The van der Waals surface area contributed by atoms with Crippen molar-refractivity contribution in [2.45, 2.75) is 53.7 Å². The van der Waals surface area contributed by atoms with Crippen molar-refractivity contribution < 1.29 is 17.9 Å². The highest BCUT2D eigenvalue weighted by Crippen LogP contribution is 2.27. The molecule has 5 nitrogen and oxygen atoms in total. The molecule has 1 saturated heterocycles. The lowest BCUT2D eigenvalue weighted by Gasteiger charge is -2.23. The van der Waals surface area contributed by atoms with Gasteiger partial charge in [0, 0.05) is 19.5 Å². The molecule has 31 heavy (non-hydrogen) atoms. The topological polar surface area (TPSA) is 63.7 Å². The molecule has 3 rings (SSSR count). The molecule has 1 amide bonds. The number of aryl methyl sites for hydroxylation is 3. The highest BCUT2D eigenvalue weighted by atomic mass is 32.2. The monoisotopic (exact) mass is 443 g/mol. The van der Waals surface area contributed by atoms with E-state index >= 15 is 0 Å². The lowest BCUT2D eigenvalue weighted by molar-refractivity contribution is -0.132. The van der Waals surface area contributed by atoms with E-state index in [1.807, 2.05) is 31.7 Å². The number of rotatable bonds is 8. The highest BCUT2D eigenvalue weighted by Gasteiger charge is 2.30. The van der Waals surface area contributed by atoms with Gasteiger partial charge in [-0.15, -0.1) is 0 Å². The Kier molecular flexibility index (Phi) is 7.42. The summed E-state index contributed by atoms with van der Waals surface area (Å²) in [6.45, 7) is 9.74. The van der Waals surface area contributed by atoms with Gasteiger partial charge in [0.15, 0.2) is 9.84 Å². The lowest BCUT2D eigenvalue weighted by Crippen LogP contribution is -2.32. The highest BCUT2D eigenvalue weighted by molar-refractivity contribution is 7.91. The summed E-state index contributed by atoms with van der Waals surface area (Å²) in [5.74, 6) is 1.21. The van der Waals surface area contributed by atoms with Gasteiger partial charge in [-0.3, -0.25) is 4.79 Å². The third-order valence-corrected chi connectivity index (χ3v) is 7.72. The molecular formula is C25H33NO4S. The van der Waals surface area contributed by atoms with E-state index in [2.05, 4.69) is 37.3 Å². The summed E-state index contributed by atoms with van der Waals surface area (Å²) < 4.78 is 29.5. The van der Waals surface area contributed by atoms with E-state index in [9.17, 15) is 13.2 Å². The largest absolute Gasteiger partial charge is 0.488 e. The van der Waals surface area contributed by atoms with Crippen LogP contribution in [-0.2, 0) is 27.8 Å². The Labute approximate surface area is 186 Å². The van der Waals surface area contributed by atoms with Crippen molar-refractivity contribution in [3.8, 4) is 5.75 Å². The van der Waals surface area contributed by atoms with Crippen LogP contribution in [0.3, 0.4) is 0 Å². The zero-order valence-electron chi connectivity index (χ0n) is 19.0. The number of amides is 1. The van der Waals surface area contributed by atoms with Crippen molar-refractivity contribution in [2.75, 3.05) is 18.1 Å². The molecule has 6 heteroatoms. The predicted octanol–water partition coefficient (Wildman–Crippen LogP) is 4.36. The number of hydrogen-bond acceptors (Lipinski definition) is 4. The van der Waals surface area contributed by atoms with E-state index in [1.54, 1.807) is 0 Å². The number of carbonyl (C=O) groups is 1. The average Bonchev–Trinajstić information content (AvgIpc) is 3.03. The molecule has 1 unspecified atom stereocenters. The van der Waals surface area contributed by atoms with Crippen LogP contribution in [0, 0.1) is 26.7 Å². The second-order valence-electron chi connectivity index (χ2n) is 8.72. The second-order valence-corrected chi connectivity index (χ2v) is 10.9. The third-order valence-electron chi connectivity index (χ3n) is 5.88. The molecule has 0 spiro atoms. The van der Waals surface area contributed by atoms with Gasteiger partial charge in [-0.2, -0.15) is 0 Å². The van der Waals surface area contributed by atoms with Crippen molar-refractivity contribution in [3.05, 3.63) is 64.2 Å². The molecule has 1 aliphatic heterocycles. The van der Waals surface area contributed by atoms with Gasteiger partial charge in [0.25, 0.3) is 0 Å². The third kappa shape index (κ3) is 6.33. The summed E-state index contributed by atoms with van der Waals surface area (Å²) in [4.78, 5) is 14.6. The van der Waals surface area contributed by atoms with Crippen molar-refractivity contribution in [2.24, 2.45) is 5.92 Å². The summed E-state index contributed by atoms with van der Waals surface area (Å²) in [6, 6.07) is 12.4. The zero-order chi connectivity index (χ0) is 22.6. The Morgan fingerprint density at radius 2 is 1.81 bits per heavy atom. The zero-order valence-corrected chi connectivity index (χ0v) is 19.8. The number of ether oxygens (including phenoxy) is 1. The number of carbonyl (C=O) groups excluding carboxylic acids is 1. The minimum Gasteiger partial charge on any atom is -0.488 e. The maximum absolute atomic E-state index is 12.8. The molecule has 0 saturated carbocycles. The second kappa shape index (κ2) is 9.86. The molecule has 168 valence electrons.